The third-order valence-electron chi connectivity index (χ3n) is 4.38. The Morgan fingerprint density at radius 1 is 1.43 bits per heavy atom. The van der Waals surface area contributed by atoms with Crippen LogP contribution in [0, 0.1) is 12.7 Å². The Hall–Kier alpha value is -1.14. The normalized spacial score (nSPS) is 20.5. The monoisotopic (exact) mass is 342 g/mol. The number of halogens is 1. The fourth-order valence-electron chi connectivity index (χ4n) is 3.25. The predicted molar refractivity (Wildman–Crippen MR) is 93.3 cm³/mol. The summed E-state index contributed by atoms with van der Waals surface area (Å²) in [7, 11) is -2.96. The van der Waals surface area contributed by atoms with Gasteiger partial charge >= 0.3 is 0 Å². The van der Waals surface area contributed by atoms with Crippen LogP contribution in [0.3, 0.4) is 0 Å². The summed E-state index contributed by atoms with van der Waals surface area (Å²) < 4.78 is 36.7. The Labute approximate surface area is 139 Å². The van der Waals surface area contributed by atoms with E-state index in [2.05, 4.69) is 10.2 Å². The third-order valence-corrected chi connectivity index (χ3v) is 6.27. The summed E-state index contributed by atoms with van der Waals surface area (Å²) in [6, 6.07) is 5.09. The van der Waals surface area contributed by atoms with E-state index in [-0.39, 0.29) is 29.4 Å². The van der Waals surface area contributed by atoms with Crippen molar-refractivity contribution in [2.24, 2.45) is 0 Å². The number of rotatable bonds is 6. The van der Waals surface area contributed by atoms with Gasteiger partial charge in [-0.1, -0.05) is 6.92 Å². The molecule has 2 rings (SSSR count). The van der Waals surface area contributed by atoms with Crippen LogP contribution in [0.25, 0.3) is 0 Å². The van der Waals surface area contributed by atoms with Crippen molar-refractivity contribution in [1.29, 1.82) is 0 Å². The van der Waals surface area contributed by atoms with Gasteiger partial charge in [0.1, 0.15) is 5.82 Å². The molecule has 1 aromatic rings. The maximum absolute atomic E-state index is 13.3. The molecule has 1 N–H and O–H groups in total. The van der Waals surface area contributed by atoms with Gasteiger partial charge in [0, 0.05) is 36.6 Å². The van der Waals surface area contributed by atoms with Crippen molar-refractivity contribution in [2.75, 3.05) is 29.5 Å². The lowest BCUT2D eigenvalue weighted by Gasteiger charge is -2.37. The van der Waals surface area contributed by atoms with Crippen LogP contribution in [0.2, 0.25) is 0 Å². The number of anilines is 1. The van der Waals surface area contributed by atoms with Crippen LogP contribution < -0.4 is 10.2 Å². The highest BCUT2D eigenvalue weighted by Crippen LogP contribution is 2.24. The molecule has 0 saturated carbocycles. The fraction of sp³-hybridized carbons (Fsp3) is 0.647. The van der Waals surface area contributed by atoms with Gasteiger partial charge in [0.05, 0.1) is 5.75 Å². The zero-order chi connectivity index (χ0) is 17.0. The standard InChI is InChI=1S/C17H27FN2O2S/c1-4-23(21,22)12-14(3)19-16-6-5-9-20(11-16)17-8-7-15(18)10-13(17)2/h7-8,10,14,16,19H,4-6,9,11-12H2,1-3H3/t14-,16+/m0/s1. The van der Waals surface area contributed by atoms with Crippen molar-refractivity contribution in [3.63, 3.8) is 0 Å². The molecule has 1 heterocycles. The quantitative estimate of drug-likeness (QED) is 0.863. The van der Waals surface area contributed by atoms with Gasteiger partial charge < -0.3 is 10.2 Å². The van der Waals surface area contributed by atoms with Gasteiger partial charge in [0.15, 0.2) is 9.84 Å². The second-order valence-electron chi connectivity index (χ2n) is 6.48. The number of aryl methyl sites for hydroxylation is 1. The van der Waals surface area contributed by atoms with Gasteiger partial charge in [-0.3, -0.25) is 0 Å². The number of nitrogens with one attached hydrogen (secondary N) is 1. The van der Waals surface area contributed by atoms with Crippen LogP contribution in [0.15, 0.2) is 18.2 Å². The molecule has 2 atom stereocenters. The van der Waals surface area contributed by atoms with E-state index in [1.54, 1.807) is 13.0 Å². The minimum atomic E-state index is -2.96. The molecule has 0 radical (unpaired) electrons. The fourth-order valence-corrected chi connectivity index (χ4v) is 4.35. The molecular formula is C17H27FN2O2S. The van der Waals surface area contributed by atoms with Crippen molar-refractivity contribution in [2.45, 2.75) is 45.7 Å². The Morgan fingerprint density at radius 2 is 2.17 bits per heavy atom. The number of piperidine rings is 1. The number of hydrogen-bond acceptors (Lipinski definition) is 4. The summed E-state index contributed by atoms with van der Waals surface area (Å²) in [5, 5.41) is 3.44. The van der Waals surface area contributed by atoms with Gasteiger partial charge in [-0.25, -0.2) is 12.8 Å². The summed E-state index contributed by atoms with van der Waals surface area (Å²) in [6.07, 6.45) is 2.08. The summed E-state index contributed by atoms with van der Waals surface area (Å²) in [5.41, 5.74) is 2.00. The Bertz CT molecular complexity index is 633. The maximum Gasteiger partial charge on any atom is 0.151 e. The Kier molecular flexibility index (Phi) is 6.03. The van der Waals surface area contributed by atoms with Crippen LogP contribution in [-0.2, 0) is 9.84 Å². The van der Waals surface area contributed by atoms with E-state index < -0.39 is 9.84 Å². The van der Waals surface area contributed by atoms with Crippen molar-refractivity contribution < 1.29 is 12.8 Å². The molecule has 0 unspecified atom stereocenters. The van der Waals surface area contributed by atoms with Crippen molar-refractivity contribution in [1.82, 2.24) is 5.32 Å². The highest BCUT2D eigenvalue weighted by molar-refractivity contribution is 7.91. The maximum atomic E-state index is 13.3. The summed E-state index contributed by atoms with van der Waals surface area (Å²) in [6.45, 7) is 7.30. The van der Waals surface area contributed by atoms with Crippen LogP contribution >= 0.6 is 0 Å². The SMILES string of the molecule is CCS(=O)(=O)C[C@H](C)N[C@@H]1CCCN(c2ccc(F)cc2C)C1. The van der Waals surface area contributed by atoms with E-state index in [4.69, 9.17) is 0 Å². The molecule has 0 spiro atoms. The minimum Gasteiger partial charge on any atom is -0.370 e. The van der Waals surface area contributed by atoms with E-state index in [1.165, 1.54) is 6.07 Å². The minimum absolute atomic E-state index is 0.0563. The first-order valence-electron chi connectivity index (χ1n) is 8.28. The molecule has 130 valence electrons. The Balaban J connectivity index is 1.98. The second-order valence-corrected chi connectivity index (χ2v) is 8.88. The van der Waals surface area contributed by atoms with Gasteiger partial charge in [0.25, 0.3) is 0 Å². The smallest absolute Gasteiger partial charge is 0.151 e. The molecule has 1 aliphatic rings. The molecular weight excluding hydrogens is 315 g/mol. The summed E-state index contributed by atoms with van der Waals surface area (Å²) >= 11 is 0. The average Bonchev–Trinajstić information content (AvgIpc) is 2.46. The van der Waals surface area contributed by atoms with Crippen LogP contribution in [0.1, 0.15) is 32.3 Å². The molecule has 1 aliphatic heterocycles. The van der Waals surface area contributed by atoms with Crippen LogP contribution in [0.5, 0.6) is 0 Å². The number of benzene rings is 1. The van der Waals surface area contributed by atoms with E-state index in [9.17, 15) is 12.8 Å². The average molecular weight is 342 g/mol. The highest BCUT2D eigenvalue weighted by Gasteiger charge is 2.23. The molecule has 1 aromatic carbocycles. The van der Waals surface area contributed by atoms with Crippen molar-refractivity contribution in [3.05, 3.63) is 29.6 Å². The highest BCUT2D eigenvalue weighted by atomic mass is 32.2. The van der Waals surface area contributed by atoms with E-state index in [0.717, 1.165) is 37.2 Å². The van der Waals surface area contributed by atoms with Crippen LogP contribution in [0.4, 0.5) is 10.1 Å². The van der Waals surface area contributed by atoms with Crippen molar-refractivity contribution in [3.8, 4) is 0 Å². The Morgan fingerprint density at radius 3 is 2.83 bits per heavy atom. The lowest BCUT2D eigenvalue weighted by molar-refractivity contribution is 0.394. The first-order chi connectivity index (χ1) is 10.8. The molecule has 6 heteroatoms. The molecule has 0 aliphatic carbocycles. The van der Waals surface area contributed by atoms with Gasteiger partial charge in [0.2, 0.25) is 0 Å². The number of nitrogens with zero attached hydrogens (tertiary/aromatic N) is 1. The van der Waals surface area contributed by atoms with E-state index in [0.29, 0.717) is 0 Å². The van der Waals surface area contributed by atoms with Gasteiger partial charge in [-0.05, 0) is 50.5 Å². The second kappa shape index (κ2) is 7.62. The number of sulfone groups is 1. The molecule has 1 saturated heterocycles. The number of hydrogen-bond donors (Lipinski definition) is 1. The molecule has 23 heavy (non-hydrogen) atoms. The van der Waals surface area contributed by atoms with Crippen LogP contribution in [-0.4, -0.2) is 45.1 Å². The third kappa shape index (κ3) is 5.18. The van der Waals surface area contributed by atoms with Gasteiger partial charge in [-0.2, -0.15) is 0 Å². The molecule has 0 amide bonds. The van der Waals surface area contributed by atoms with Gasteiger partial charge in [-0.15, -0.1) is 0 Å². The molecule has 4 nitrogen and oxygen atoms in total. The summed E-state index contributed by atoms with van der Waals surface area (Å²) in [4.78, 5) is 2.26. The topological polar surface area (TPSA) is 49.4 Å². The zero-order valence-corrected chi connectivity index (χ0v) is 15.0. The predicted octanol–water partition coefficient (Wildman–Crippen LogP) is 2.52. The van der Waals surface area contributed by atoms with E-state index >= 15 is 0 Å². The first-order valence-corrected chi connectivity index (χ1v) is 10.1. The first kappa shape index (κ1) is 18.2. The zero-order valence-electron chi connectivity index (χ0n) is 14.2. The summed E-state index contributed by atoms with van der Waals surface area (Å²) in [5.74, 6) is 0.150. The lowest BCUT2D eigenvalue weighted by Crippen LogP contribution is -2.50. The largest absolute Gasteiger partial charge is 0.370 e. The molecule has 0 bridgehead atoms. The molecule has 1 fully saturated rings. The molecule has 0 aromatic heterocycles. The lowest BCUT2D eigenvalue weighted by atomic mass is 10.0. The van der Waals surface area contributed by atoms with E-state index in [1.807, 2.05) is 19.9 Å². The van der Waals surface area contributed by atoms with Crippen molar-refractivity contribution >= 4 is 15.5 Å².